The van der Waals surface area contributed by atoms with Gasteiger partial charge in [0.2, 0.25) is 5.91 Å². The molecule has 2 saturated heterocycles. The van der Waals surface area contributed by atoms with Crippen molar-refractivity contribution < 1.29 is 4.79 Å². The highest BCUT2D eigenvalue weighted by Crippen LogP contribution is 2.34. The third kappa shape index (κ3) is 3.12. The average molecular weight is 343 g/mol. The van der Waals surface area contributed by atoms with Gasteiger partial charge in [0.05, 0.1) is 5.41 Å². The molecule has 0 spiro atoms. The minimum Gasteiger partial charge on any atom is -0.335 e. The maximum absolute atomic E-state index is 13.2. The molecule has 0 radical (unpaired) electrons. The van der Waals surface area contributed by atoms with Gasteiger partial charge in [0.25, 0.3) is 0 Å². The maximum atomic E-state index is 13.2. The highest BCUT2D eigenvalue weighted by molar-refractivity contribution is 6.30. The zero-order chi connectivity index (χ0) is 15.0. The molecule has 2 aliphatic heterocycles. The minimum atomic E-state index is -0.504. The molecule has 5 heteroatoms. The van der Waals surface area contributed by atoms with E-state index in [-0.39, 0.29) is 18.3 Å². The molecule has 0 saturated carbocycles. The van der Waals surface area contributed by atoms with Gasteiger partial charge in [-0.2, -0.15) is 0 Å². The Hall–Kier alpha value is -0.770. The first kappa shape index (κ1) is 17.6. The topological polar surface area (TPSA) is 32.3 Å². The first-order valence-corrected chi connectivity index (χ1v) is 8.17. The molecule has 2 bridgehead atoms. The van der Waals surface area contributed by atoms with Gasteiger partial charge in [0, 0.05) is 23.7 Å². The lowest BCUT2D eigenvalue weighted by Gasteiger charge is -2.36. The standard InChI is InChI=1S/C17H23ClN2O.ClH/c1-17(2,12-3-5-13(18)6-4-12)16(21)20-14-7-8-15(20)11-19-10-9-14;/h3-6,14-15,19H,7-11H2,1-2H3;1H. The van der Waals surface area contributed by atoms with E-state index >= 15 is 0 Å². The monoisotopic (exact) mass is 342 g/mol. The molecule has 2 unspecified atom stereocenters. The van der Waals surface area contributed by atoms with Crippen LogP contribution in [0.15, 0.2) is 24.3 Å². The number of fused-ring (bicyclic) bond motifs is 2. The molecule has 22 heavy (non-hydrogen) atoms. The minimum absolute atomic E-state index is 0. The lowest BCUT2D eigenvalue weighted by atomic mass is 9.82. The van der Waals surface area contributed by atoms with E-state index in [0.717, 1.165) is 37.9 Å². The number of halogens is 2. The molecule has 1 aromatic carbocycles. The van der Waals surface area contributed by atoms with Gasteiger partial charge in [0.1, 0.15) is 0 Å². The number of carbonyl (C=O) groups excluding carboxylic acids is 1. The van der Waals surface area contributed by atoms with E-state index < -0.39 is 5.41 Å². The van der Waals surface area contributed by atoms with Crippen molar-refractivity contribution in [2.24, 2.45) is 0 Å². The van der Waals surface area contributed by atoms with Crippen LogP contribution in [-0.4, -0.2) is 36.0 Å². The van der Waals surface area contributed by atoms with Crippen molar-refractivity contribution in [2.45, 2.75) is 50.6 Å². The van der Waals surface area contributed by atoms with Crippen LogP contribution in [0.4, 0.5) is 0 Å². The van der Waals surface area contributed by atoms with Crippen LogP contribution >= 0.6 is 24.0 Å². The van der Waals surface area contributed by atoms with Gasteiger partial charge in [-0.25, -0.2) is 0 Å². The smallest absolute Gasteiger partial charge is 0.233 e. The van der Waals surface area contributed by atoms with Gasteiger partial charge in [-0.3, -0.25) is 4.79 Å². The molecule has 122 valence electrons. The summed E-state index contributed by atoms with van der Waals surface area (Å²) < 4.78 is 0. The number of hydrogen-bond donors (Lipinski definition) is 1. The van der Waals surface area contributed by atoms with Gasteiger partial charge in [-0.15, -0.1) is 12.4 Å². The van der Waals surface area contributed by atoms with Crippen LogP contribution in [-0.2, 0) is 10.2 Å². The van der Waals surface area contributed by atoms with E-state index in [2.05, 4.69) is 10.2 Å². The highest BCUT2D eigenvalue weighted by Gasteiger charge is 2.43. The summed E-state index contributed by atoms with van der Waals surface area (Å²) in [7, 11) is 0. The summed E-state index contributed by atoms with van der Waals surface area (Å²) in [6.07, 6.45) is 3.34. The molecule has 2 aliphatic rings. The van der Waals surface area contributed by atoms with Crippen molar-refractivity contribution in [3.8, 4) is 0 Å². The fourth-order valence-corrected chi connectivity index (χ4v) is 3.75. The van der Waals surface area contributed by atoms with Crippen LogP contribution in [0.5, 0.6) is 0 Å². The first-order valence-electron chi connectivity index (χ1n) is 7.79. The molecule has 0 aliphatic carbocycles. The number of rotatable bonds is 2. The molecule has 3 rings (SSSR count). The first-order chi connectivity index (χ1) is 10.00. The second-order valence-electron chi connectivity index (χ2n) is 6.72. The van der Waals surface area contributed by atoms with Crippen LogP contribution < -0.4 is 5.32 Å². The predicted octanol–water partition coefficient (Wildman–Crippen LogP) is 3.39. The fourth-order valence-electron chi connectivity index (χ4n) is 3.63. The van der Waals surface area contributed by atoms with Crippen LogP contribution in [0, 0.1) is 0 Å². The second kappa shape index (κ2) is 6.77. The van der Waals surface area contributed by atoms with Gasteiger partial charge in [-0.1, -0.05) is 23.7 Å². The number of nitrogens with one attached hydrogen (secondary N) is 1. The third-order valence-corrected chi connectivity index (χ3v) is 5.24. The summed E-state index contributed by atoms with van der Waals surface area (Å²) in [5, 5.41) is 4.16. The Morgan fingerprint density at radius 2 is 1.82 bits per heavy atom. The zero-order valence-corrected chi connectivity index (χ0v) is 14.7. The summed E-state index contributed by atoms with van der Waals surface area (Å²) in [4.78, 5) is 15.3. The molecule has 0 aromatic heterocycles. The van der Waals surface area contributed by atoms with Crippen LogP contribution in [0.2, 0.25) is 5.02 Å². The Balaban J connectivity index is 0.00000176. The van der Waals surface area contributed by atoms with Gasteiger partial charge < -0.3 is 10.2 Å². The van der Waals surface area contributed by atoms with Crippen molar-refractivity contribution >= 4 is 29.9 Å². The van der Waals surface area contributed by atoms with E-state index in [0.29, 0.717) is 17.1 Å². The number of benzene rings is 1. The number of carbonyl (C=O) groups is 1. The largest absolute Gasteiger partial charge is 0.335 e. The van der Waals surface area contributed by atoms with E-state index in [1.54, 1.807) is 0 Å². The normalized spacial score (nSPS) is 24.6. The van der Waals surface area contributed by atoms with Gasteiger partial charge in [0.15, 0.2) is 0 Å². The zero-order valence-electron chi connectivity index (χ0n) is 13.1. The molecule has 3 nitrogen and oxygen atoms in total. The Kier molecular flexibility index (Phi) is 5.41. The molecule has 2 heterocycles. The SMILES string of the molecule is CC(C)(C(=O)N1C2CCNCC1CC2)c1ccc(Cl)cc1.Cl. The summed E-state index contributed by atoms with van der Waals surface area (Å²) in [6, 6.07) is 8.44. The van der Waals surface area contributed by atoms with Crippen LogP contribution in [0.25, 0.3) is 0 Å². The molecule has 1 N–H and O–H groups in total. The van der Waals surface area contributed by atoms with Crippen LogP contribution in [0.1, 0.15) is 38.7 Å². The average Bonchev–Trinajstić information content (AvgIpc) is 2.71. The van der Waals surface area contributed by atoms with E-state index in [4.69, 9.17) is 11.6 Å². The van der Waals surface area contributed by atoms with Gasteiger partial charge in [-0.05, 0) is 57.4 Å². The van der Waals surface area contributed by atoms with E-state index in [9.17, 15) is 4.79 Å². The molecule has 1 amide bonds. The number of hydrogen-bond acceptors (Lipinski definition) is 2. The molecular formula is C17H24Cl2N2O. The van der Waals surface area contributed by atoms with Crippen molar-refractivity contribution in [1.82, 2.24) is 10.2 Å². The van der Waals surface area contributed by atoms with Crippen molar-refractivity contribution in [3.05, 3.63) is 34.9 Å². The Bertz CT molecular complexity index is 516. The second-order valence-corrected chi connectivity index (χ2v) is 7.16. The third-order valence-electron chi connectivity index (χ3n) is 4.99. The van der Waals surface area contributed by atoms with Crippen molar-refractivity contribution in [2.75, 3.05) is 13.1 Å². The molecule has 1 aromatic rings. The van der Waals surface area contributed by atoms with Gasteiger partial charge >= 0.3 is 0 Å². The maximum Gasteiger partial charge on any atom is 0.233 e. The Labute approximate surface area is 143 Å². The number of amides is 1. The van der Waals surface area contributed by atoms with E-state index in [1.165, 1.54) is 0 Å². The summed E-state index contributed by atoms with van der Waals surface area (Å²) in [6.45, 7) is 6.00. The fraction of sp³-hybridized carbons (Fsp3) is 0.588. The summed E-state index contributed by atoms with van der Waals surface area (Å²) in [5.41, 5.74) is 0.531. The molecular weight excluding hydrogens is 319 g/mol. The summed E-state index contributed by atoms with van der Waals surface area (Å²) in [5.74, 6) is 0.251. The Morgan fingerprint density at radius 1 is 1.18 bits per heavy atom. The molecule has 2 fully saturated rings. The lowest BCUT2D eigenvalue weighted by Crippen LogP contribution is -2.50. The molecule has 2 atom stereocenters. The highest BCUT2D eigenvalue weighted by atomic mass is 35.5. The predicted molar refractivity (Wildman–Crippen MR) is 92.9 cm³/mol. The lowest BCUT2D eigenvalue weighted by molar-refractivity contribution is -0.139. The van der Waals surface area contributed by atoms with Crippen molar-refractivity contribution in [3.63, 3.8) is 0 Å². The van der Waals surface area contributed by atoms with E-state index in [1.807, 2.05) is 38.1 Å². The Morgan fingerprint density at radius 3 is 2.50 bits per heavy atom. The van der Waals surface area contributed by atoms with Crippen LogP contribution in [0.3, 0.4) is 0 Å². The summed E-state index contributed by atoms with van der Waals surface area (Å²) >= 11 is 5.96. The quantitative estimate of drug-likeness (QED) is 0.893. The number of nitrogens with zero attached hydrogens (tertiary/aromatic N) is 1. The van der Waals surface area contributed by atoms with Crippen molar-refractivity contribution in [1.29, 1.82) is 0 Å².